The normalized spacial score (nSPS) is 16.4. The molecule has 0 heterocycles. The summed E-state index contributed by atoms with van der Waals surface area (Å²) in [5.41, 5.74) is 3.01. The molecule has 1 aromatic rings. The summed E-state index contributed by atoms with van der Waals surface area (Å²) in [6, 6.07) is 6.33. The summed E-state index contributed by atoms with van der Waals surface area (Å²) >= 11 is 0. The second kappa shape index (κ2) is 6.40. The summed E-state index contributed by atoms with van der Waals surface area (Å²) in [7, 11) is 3.51. The fraction of sp³-hybridized carbons (Fsp3) is 0.625. The van der Waals surface area contributed by atoms with Crippen molar-refractivity contribution >= 4 is 0 Å². The fourth-order valence-electron chi connectivity index (χ4n) is 2.52. The molecule has 0 bridgehead atoms. The molecule has 1 aliphatic rings. The summed E-state index contributed by atoms with van der Waals surface area (Å²) in [6.45, 7) is 4.94. The lowest BCUT2D eigenvalue weighted by atomic mass is 10.0. The Balaban J connectivity index is 1.84. The van der Waals surface area contributed by atoms with Gasteiger partial charge in [0, 0.05) is 32.4 Å². The van der Waals surface area contributed by atoms with Gasteiger partial charge in [-0.05, 0) is 37.7 Å². The molecule has 0 unspecified atom stereocenters. The van der Waals surface area contributed by atoms with Crippen molar-refractivity contribution in [1.29, 1.82) is 0 Å². The number of nitrogens with one attached hydrogen (secondary N) is 1. The Kier molecular flexibility index (Phi) is 4.83. The molecule has 1 fully saturated rings. The highest BCUT2D eigenvalue weighted by Crippen LogP contribution is 2.48. The molecule has 1 aromatic carbocycles. The molecule has 0 radical (unpaired) electrons. The molecule has 0 amide bonds. The Morgan fingerprint density at radius 3 is 2.68 bits per heavy atom. The number of ether oxygens (including phenoxy) is 2. The molecular weight excluding hydrogens is 238 g/mol. The predicted octanol–water partition coefficient (Wildman–Crippen LogP) is 2.91. The van der Waals surface area contributed by atoms with Gasteiger partial charge in [0.2, 0.25) is 0 Å². The van der Waals surface area contributed by atoms with Crippen LogP contribution in [0.1, 0.15) is 30.4 Å². The van der Waals surface area contributed by atoms with E-state index in [1.165, 1.54) is 30.4 Å². The molecule has 106 valence electrons. The van der Waals surface area contributed by atoms with Gasteiger partial charge in [-0.2, -0.15) is 0 Å². The van der Waals surface area contributed by atoms with Crippen LogP contribution in [0.2, 0.25) is 0 Å². The number of hydrogen-bond acceptors (Lipinski definition) is 3. The molecule has 1 N–H and O–H groups in total. The molecule has 3 heteroatoms. The molecule has 0 spiro atoms. The van der Waals surface area contributed by atoms with Crippen LogP contribution in [0.25, 0.3) is 0 Å². The summed E-state index contributed by atoms with van der Waals surface area (Å²) in [5.74, 6) is 0.972. The van der Waals surface area contributed by atoms with Gasteiger partial charge in [0.05, 0.1) is 7.11 Å². The molecule has 0 atom stereocenters. The highest BCUT2D eigenvalue weighted by atomic mass is 16.5. The maximum atomic E-state index is 5.40. The van der Waals surface area contributed by atoms with Crippen LogP contribution in [-0.2, 0) is 11.3 Å². The van der Waals surface area contributed by atoms with E-state index in [1.807, 2.05) is 6.07 Å². The van der Waals surface area contributed by atoms with Gasteiger partial charge < -0.3 is 14.8 Å². The highest BCUT2D eigenvalue weighted by molar-refractivity contribution is 5.36. The van der Waals surface area contributed by atoms with Crippen LogP contribution in [0.5, 0.6) is 5.75 Å². The Morgan fingerprint density at radius 1 is 1.26 bits per heavy atom. The molecule has 2 rings (SSSR count). The summed E-state index contributed by atoms with van der Waals surface area (Å²) in [6.07, 6.45) is 3.82. The molecule has 3 nitrogen and oxygen atoms in total. The second-order valence-electron chi connectivity index (χ2n) is 5.66. The van der Waals surface area contributed by atoms with Gasteiger partial charge >= 0.3 is 0 Å². The third-order valence-electron chi connectivity index (χ3n) is 4.04. The smallest absolute Gasteiger partial charge is 0.123 e. The SMILES string of the molecule is COCCC1(CNCc2cc(C)ccc2OC)CC1. The second-order valence-corrected chi connectivity index (χ2v) is 5.66. The van der Waals surface area contributed by atoms with Crippen molar-refractivity contribution in [2.24, 2.45) is 5.41 Å². The summed E-state index contributed by atoms with van der Waals surface area (Å²) in [5, 5.41) is 3.58. The standard InChI is InChI=1S/C16H25NO2/c1-13-4-5-15(19-3)14(10-13)11-17-12-16(6-7-16)8-9-18-2/h4-5,10,17H,6-9,11-12H2,1-3H3. The molecule has 1 aliphatic carbocycles. The van der Waals surface area contributed by atoms with E-state index in [1.54, 1.807) is 14.2 Å². The minimum atomic E-state index is 0.493. The van der Waals surface area contributed by atoms with Crippen molar-refractivity contribution in [3.63, 3.8) is 0 Å². The summed E-state index contributed by atoms with van der Waals surface area (Å²) < 4.78 is 10.6. The molecule has 0 aromatic heterocycles. The average molecular weight is 263 g/mol. The number of methoxy groups -OCH3 is 2. The lowest BCUT2D eigenvalue weighted by Gasteiger charge is -2.16. The van der Waals surface area contributed by atoms with Crippen molar-refractivity contribution in [1.82, 2.24) is 5.32 Å². The minimum absolute atomic E-state index is 0.493. The predicted molar refractivity (Wildman–Crippen MR) is 77.6 cm³/mol. The van der Waals surface area contributed by atoms with Crippen LogP contribution in [0.4, 0.5) is 0 Å². The van der Waals surface area contributed by atoms with Gasteiger partial charge in [-0.15, -0.1) is 0 Å². The Bertz CT molecular complexity index is 413. The Morgan fingerprint density at radius 2 is 2.05 bits per heavy atom. The summed E-state index contributed by atoms with van der Waals surface area (Å²) in [4.78, 5) is 0. The average Bonchev–Trinajstić information content (AvgIpc) is 3.17. The van der Waals surface area contributed by atoms with Crippen LogP contribution in [0.15, 0.2) is 18.2 Å². The van der Waals surface area contributed by atoms with Gasteiger partial charge in [0.15, 0.2) is 0 Å². The van der Waals surface area contributed by atoms with Gasteiger partial charge in [-0.1, -0.05) is 17.7 Å². The minimum Gasteiger partial charge on any atom is -0.496 e. The first-order valence-corrected chi connectivity index (χ1v) is 7.02. The largest absolute Gasteiger partial charge is 0.496 e. The van der Waals surface area contributed by atoms with Gasteiger partial charge in [0.1, 0.15) is 5.75 Å². The van der Waals surface area contributed by atoms with E-state index in [0.29, 0.717) is 5.41 Å². The van der Waals surface area contributed by atoms with Crippen molar-refractivity contribution in [3.05, 3.63) is 29.3 Å². The maximum Gasteiger partial charge on any atom is 0.123 e. The topological polar surface area (TPSA) is 30.5 Å². The molecule has 19 heavy (non-hydrogen) atoms. The Hall–Kier alpha value is -1.06. The van der Waals surface area contributed by atoms with Crippen LogP contribution >= 0.6 is 0 Å². The molecule has 0 aliphatic heterocycles. The van der Waals surface area contributed by atoms with Crippen molar-refractivity contribution in [2.75, 3.05) is 27.4 Å². The van der Waals surface area contributed by atoms with Gasteiger partial charge in [-0.3, -0.25) is 0 Å². The quantitative estimate of drug-likeness (QED) is 0.782. The third-order valence-corrected chi connectivity index (χ3v) is 4.04. The van der Waals surface area contributed by atoms with E-state index in [9.17, 15) is 0 Å². The van der Waals surface area contributed by atoms with E-state index in [0.717, 1.165) is 25.4 Å². The Labute approximate surface area is 116 Å². The van der Waals surface area contributed by atoms with Gasteiger partial charge in [0.25, 0.3) is 0 Å². The van der Waals surface area contributed by atoms with E-state index in [4.69, 9.17) is 9.47 Å². The first-order chi connectivity index (χ1) is 9.19. The van der Waals surface area contributed by atoms with Crippen molar-refractivity contribution in [2.45, 2.75) is 32.7 Å². The monoisotopic (exact) mass is 263 g/mol. The maximum absolute atomic E-state index is 5.40. The van der Waals surface area contributed by atoms with Gasteiger partial charge in [-0.25, -0.2) is 0 Å². The fourth-order valence-corrected chi connectivity index (χ4v) is 2.52. The number of aryl methyl sites for hydroxylation is 1. The molecule has 1 saturated carbocycles. The van der Waals surface area contributed by atoms with Crippen molar-refractivity contribution < 1.29 is 9.47 Å². The zero-order valence-corrected chi connectivity index (χ0v) is 12.3. The molecule has 0 saturated heterocycles. The zero-order valence-electron chi connectivity index (χ0n) is 12.3. The van der Waals surface area contributed by atoms with E-state index in [-0.39, 0.29) is 0 Å². The number of benzene rings is 1. The first-order valence-electron chi connectivity index (χ1n) is 7.02. The highest BCUT2D eigenvalue weighted by Gasteiger charge is 2.41. The molecular formula is C16H25NO2. The lowest BCUT2D eigenvalue weighted by Crippen LogP contribution is -2.24. The van der Waals surface area contributed by atoms with E-state index in [2.05, 4.69) is 24.4 Å². The van der Waals surface area contributed by atoms with Crippen LogP contribution in [0.3, 0.4) is 0 Å². The lowest BCUT2D eigenvalue weighted by molar-refractivity contribution is 0.171. The number of rotatable bonds is 8. The zero-order chi connectivity index (χ0) is 13.7. The van der Waals surface area contributed by atoms with Crippen LogP contribution in [0, 0.1) is 12.3 Å². The van der Waals surface area contributed by atoms with E-state index >= 15 is 0 Å². The van der Waals surface area contributed by atoms with E-state index < -0.39 is 0 Å². The van der Waals surface area contributed by atoms with Crippen LogP contribution in [-0.4, -0.2) is 27.4 Å². The first kappa shape index (κ1) is 14.4. The number of hydrogen-bond donors (Lipinski definition) is 1. The van der Waals surface area contributed by atoms with Crippen molar-refractivity contribution in [3.8, 4) is 5.75 Å². The third kappa shape index (κ3) is 3.95. The van der Waals surface area contributed by atoms with Crippen LogP contribution < -0.4 is 10.1 Å².